The Bertz CT molecular complexity index is 316. The van der Waals surface area contributed by atoms with E-state index in [4.69, 9.17) is 15.9 Å². The number of carbonyl (C=O) groups is 2. The van der Waals surface area contributed by atoms with Crippen LogP contribution < -0.4 is 5.73 Å². The molecule has 0 spiro atoms. The van der Waals surface area contributed by atoms with Crippen LogP contribution in [-0.2, 0) is 9.59 Å². The molecule has 1 rings (SSSR count). The first-order valence-corrected chi connectivity index (χ1v) is 5.15. The van der Waals surface area contributed by atoms with Crippen LogP contribution in [0.15, 0.2) is 0 Å². The van der Waals surface area contributed by atoms with Crippen molar-refractivity contribution in [3.05, 3.63) is 0 Å². The third-order valence-corrected chi connectivity index (χ3v) is 3.00. The van der Waals surface area contributed by atoms with E-state index < -0.39 is 22.9 Å². The van der Waals surface area contributed by atoms with Gasteiger partial charge in [-0.25, -0.2) is 0 Å². The van der Waals surface area contributed by atoms with Crippen LogP contribution in [0.3, 0.4) is 0 Å². The van der Waals surface area contributed by atoms with Crippen molar-refractivity contribution in [2.45, 2.75) is 25.8 Å². The van der Waals surface area contributed by atoms with Crippen molar-refractivity contribution >= 4 is 11.9 Å². The summed E-state index contributed by atoms with van der Waals surface area (Å²) in [6.45, 7) is 4.28. The molecule has 1 fully saturated rings. The second-order valence-corrected chi connectivity index (χ2v) is 5.11. The molecule has 0 aromatic carbocycles. The van der Waals surface area contributed by atoms with Gasteiger partial charge in [0.2, 0.25) is 0 Å². The van der Waals surface area contributed by atoms with E-state index in [0.29, 0.717) is 19.5 Å². The lowest BCUT2D eigenvalue weighted by molar-refractivity contribution is -0.147. The lowest BCUT2D eigenvalue weighted by Crippen LogP contribution is -2.51. The zero-order valence-corrected chi connectivity index (χ0v) is 9.56. The minimum Gasteiger partial charge on any atom is -0.481 e. The Balaban J connectivity index is 2.62. The van der Waals surface area contributed by atoms with Gasteiger partial charge in [-0.1, -0.05) is 0 Å². The minimum absolute atomic E-state index is 0.207. The van der Waals surface area contributed by atoms with Crippen LogP contribution in [0.2, 0.25) is 0 Å². The second kappa shape index (κ2) is 4.03. The molecule has 92 valence electrons. The maximum absolute atomic E-state index is 10.9. The van der Waals surface area contributed by atoms with Gasteiger partial charge < -0.3 is 15.9 Å². The van der Waals surface area contributed by atoms with Crippen molar-refractivity contribution in [3.8, 4) is 0 Å². The summed E-state index contributed by atoms with van der Waals surface area (Å²) < 4.78 is 0. The summed E-state index contributed by atoms with van der Waals surface area (Å²) in [5.74, 6) is -1.92. The molecule has 4 N–H and O–H groups in total. The van der Waals surface area contributed by atoms with Gasteiger partial charge in [0.25, 0.3) is 0 Å². The van der Waals surface area contributed by atoms with E-state index >= 15 is 0 Å². The molecule has 6 heteroatoms. The molecule has 1 heterocycles. The SMILES string of the molecule is CC(C)(CN1CCC(N)(C(=O)O)C1)C(=O)O. The predicted molar refractivity (Wildman–Crippen MR) is 57.0 cm³/mol. The lowest BCUT2D eigenvalue weighted by Gasteiger charge is -2.27. The predicted octanol–water partition coefficient (Wildman–Crippen LogP) is -0.415. The maximum atomic E-state index is 10.9. The van der Waals surface area contributed by atoms with E-state index in [1.54, 1.807) is 18.7 Å². The molecule has 1 aliphatic rings. The smallest absolute Gasteiger partial charge is 0.325 e. The van der Waals surface area contributed by atoms with Gasteiger partial charge in [-0.2, -0.15) is 0 Å². The molecule has 1 saturated heterocycles. The Morgan fingerprint density at radius 1 is 1.44 bits per heavy atom. The summed E-state index contributed by atoms with van der Waals surface area (Å²) in [4.78, 5) is 23.6. The first-order chi connectivity index (χ1) is 7.17. The highest BCUT2D eigenvalue weighted by Crippen LogP contribution is 2.24. The lowest BCUT2D eigenvalue weighted by atomic mass is 9.93. The van der Waals surface area contributed by atoms with E-state index in [-0.39, 0.29) is 6.54 Å². The largest absolute Gasteiger partial charge is 0.481 e. The molecule has 1 aliphatic heterocycles. The van der Waals surface area contributed by atoms with E-state index in [2.05, 4.69) is 0 Å². The van der Waals surface area contributed by atoms with Gasteiger partial charge in [-0.15, -0.1) is 0 Å². The minimum atomic E-state index is -1.23. The van der Waals surface area contributed by atoms with Crippen LogP contribution in [0.5, 0.6) is 0 Å². The van der Waals surface area contributed by atoms with Crippen LogP contribution in [-0.4, -0.2) is 52.2 Å². The number of hydrogen-bond acceptors (Lipinski definition) is 4. The molecule has 0 radical (unpaired) electrons. The number of likely N-dealkylation sites (tertiary alicyclic amines) is 1. The van der Waals surface area contributed by atoms with Gasteiger partial charge in [-0.3, -0.25) is 14.5 Å². The topological polar surface area (TPSA) is 104 Å². The molecule has 0 saturated carbocycles. The second-order valence-electron chi connectivity index (χ2n) is 5.11. The van der Waals surface area contributed by atoms with Gasteiger partial charge in [0.15, 0.2) is 0 Å². The highest BCUT2D eigenvalue weighted by molar-refractivity contribution is 5.79. The fourth-order valence-electron chi connectivity index (χ4n) is 1.85. The van der Waals surface area contributed by atoms with Gasteiger partial charge in [0.05, 0.1) is 5.41 Å². The molecule has 0 aliphatic carbocycles. The Labute approximate surface area is 94.0 Å². The number of nitrogens with zero attached hydrogens (tertiary/aromatic N) is 1. The average Bonchev–Trinajstić information content (AvgIpc) is 2.47. The molecule has 16 heavy (non-hydrogen) atoms. The normalized spacial score (nSPS) is 26.9. The molecule has 6 nitrogen and oxygen atoms in total. The van der Waals surface area contributed by atoms with Gasteiger partial charge in [-0.05, 0) is 20.3 Å². The summed E-state index contributed by atoms with van der Waals surface area (Å²) in [5, 5.41) is 17.9. The first-order valence-electron chi connectivity index (χ1n) is 5.15. The standard InChI is InChI=1S/C10H18N2O4/c1-9(2,7(13)14)5-12-4-3-10(11,6-12)8(15)16/h3-6,11H2,1-2H3,(H,13,14)(H,15,16). The monoisotopic (exact) mass is 230 g/mol. The Kier molecular flexibility index (Phi) is 3.25. The van der Waals surface area contributed by atoms with Gasteiger partial charge >= 0.3 is 11.9 Å². The molecule has 0 aromatic rings. The third kappa shape index (κ3) is 2.51. The fourth-order valence-corrected chi connectivity index (χ4v) is 1.85. The van der Waals surface area contributed by atoms with Crippen molar-refractivity contribution < 1.29 is 19.8 Å². The summed E-state index contributed by atoms with van der Waals surface area (Å²) in [6.07, 6.45) is 0.359. The molecular weight excluding hydrogens is 212 g/mol. The first kappa shape index (κ1) is 12.9. The summed E-state index contributed by atoms with van der Waals surface area (Å²) in [6, 6.07) is 0. The van der Waals surface area contributed by atoms with Crippen molar-refractivity contribution in [3.63, 3.8) is 0 Å². The number of rotatable bonds is 4. The number of hydrogen-bond donors (Lipinski definition) is 3. The maximum Gasteiger partial charge on any atom is 0.325 e. The highest BCUT2D eigenvalue weighted by atomic mass is 16.4. The van der Waals surface area contributed by atoms with Crippen molar-refractivity contribution in [1.82, 2.24) is 4.90 Å². The Morgan fingerprint density at radius 2 is 2.00 bits per heavy atom. The number of nitrogens with two attached hydrogens (primary N) is 1. The summed E-state index contributed by atoms with van der Waals surface area (Å²) in [7, 11) is 0. The molecule has 1 atom stereocenters. The van der Waals surface area contributed by atoms with Crippen LogP contribution in [0.1, 0.15) is 20.3 Å². The summed E-state index contributed by atoms with van der Waals surface area (Å²) >= 11 is 0. The van der Waals surface area contributed by atoms with Gasteiger partial charge in [0.1, 0.15) is 5.54 Å². The van der Waals surface area contributed by atoms with Gasteiger partial charge in [0, 0.05) is 19.6 Å². The molecule has 0 bridgehead atoms. The molecule has 1 unspecified atom stereocenters. The van der Waals surface area contributed by atoms with Crippen LogP contribution in [0, 0.1) is 5.41 Å². The quantitative estimate of drug-likeness (QED) is 0.606. The van der Waals surface area contributed by atoms with E-state index in [1.807, 2.05) is 0 Å². The highest BCUT2D eigenvalue weighted by Gasteiger charge is 2.43. The van der Waals surface area contributed by atoms with E-state index in [1.165, 1.54) is 0 Å². The van der Waals surface area contributed by atoms with Crippen LogP contribution >= 0.6 is 0 Å². The molecular formula is C10H18N2O4. The average molecular weight is 230 g/mol. The fraction of sp³-hybridized carbons (Fsp3) is 0.800. The third-order valence-electron chi connectivity index (χ3n) is 3.00. The van der Waals surface area contributed by atoms with Crippen molar-refractivity contribution in [2.75, 3.05) is 19.6 Å². The van der Waals surface area contributed by atoms with Crippen LogP contribution in [0.25, 0.3) is 0 Å². The summed E-state index contributed by atoms with van der Waals surface area (Å²) in [5.41, 5.74) is 3.59. The zero-order valence-electron chi connectivity index (χ0n) is 9.56. The van der Waals surface area contributed by atoms with Crippen molar-refractivity contribution in [2.24, 2.45) is 11.1 Å². The number of aliphatic carboxylic acids is 2. The molecule has 0 amide bonds. The van der Waals surface area contributed by atoms with Crippen LogP contribution in [0.4, 0.5) is 0 Å². The van der Waals surface area contributed by atoms with Crippen molar-refractivity contribution in [1.29, 1.82) is 0 Å². The van der Waals surface area contributed by atoms with E-state index in [9.17, 15) is 9.59 Å². The van der Waals surface area contributed by atoms with E-state index in [0.717, 1.165) is 0 Å². The molecule has 0 aromatic heterocycles. The number of carboxylic acid groups (broad SMARTS) is 2. The Morgan fingerprint density at radius 3 is 2.38 bits per heavy atom. The zero-order chi connectivity index (χ0) is 12.6. The Hall–Kier alpha value is -1.14. The number of carboxylic acids is 2.